The van der Waals surface area contributed by atoms with E-state index < -0.39 is 15.6 Å². The Morgan fingerprint density at radius 3 is 2.26 bits per heavy atom. The van der Waals surface area contributed by atoms with Gasteiger partial charge in [0, 0.05) is 6.42 Å². The summed E-state index contributed by atoms with van der Waals surface area (Å²) in [5.74, 6) is 0.108. The van der Waals surface area contributed by atoms with Crippen LogP contribution in [0.2, 0.25) is 0 Å². The SMILES string of the molecule is CC.CC(=O)CCC1=Cc2ccccc2N(S(C)(=O)=O)C1(C)C. The highest BCUT2D eigenvalue weighted by Crippen LogP contribution is 2.42. The van der Waals surface area contributed by atoms with Crippen LogP contribution in [0.15, 0.2) is 29.8 Å². The molecule has 1 aliphatic heterocycles. The number of hydrogen-bond acceptors (Lipinski definition) is 3. The minimum absolute atomic E-state index is 0.108. The summed E-state index contributed by atoms with van der Waals surface area (Å²) in [6.07, 6.45) is 4.23. The van der Waals surface area contributed by atoms with Gasteiger partial charge in [-0.25, -0.2) is 8.42 Å². The van der Waals surface area contributed by atoms with Crippen LogP contribution in [0.1, 0.15) is 53.0 Å². The van der Waals surface area contributed by atoms with Gasteiger partial charge in [0.1, 0.15) is 5.78 Å². The molecule has 0 aromatic heterocycles. The maximum absolute atomic E-state index is 12.3. The van der Waals surface area contributed by atoms with Crippen LogP contribution >= 0.6 is 0 Å². The number of anilines is 1. The van der Waals surface area contributed by atoms with Crippen LogP contribution < -0.4 is 4.31 Å². The number of fused-ring (bicyclic) bond motifs is 1. The summed E-state index contributed by atoms with van der Waals surface area (Å²) in [7, 11) is -3.41. The lowest BCUT2D eigenvalue weighted by Crippen LogP contribution is -2.50. The molecule has 0 bridgehead atoms. The molecular formula is C18H27NO3S. The first-order chi connectivity index (χ1) is 10.6. The van der Waals surface area contributed by atoms with E-state index in [-0.39, 0.29) is 5.78 Å². The molecule has 1 aliphatic rings. The van der Waals surface area contributed by atoms with Crippen molar-refractivity contribution in [3.8, 4) is 0 Å². The van der Waals surface area contributed by atoms with Crippen LogP contribution in [-0.4, -0.2) is 26.0 Å². The van der Waals surface area contributed by atoms with Gasteiger partial charge < -0.3 is 4.79 Å². The van der Waals surface area contributed by atoms with Crippen molar-refractivity contribution in [1.29, 1.82) is 0 Å². The van der Waals surface area contributed by atoms with E-state index in [0.29, 0.717) is 18.5 Å². The minimum Gasteiger partial charge on any atom is -0.300 e. The number of sulfonamides is 1. The second-order valence-corrected chi connectivity index (χ2v) is 7.85. The summed E-state index contributed by atoms with van der Waals surface area (Å²) in [6.45, 7) is 9.32. The standard InChI is InChI=1S/C16H21NO3S.C2H6/c1-12(18)9-10-14-11-13-7-5-6-8-15(13)17(16(14,2)3)21(4,19)20;1-2/h5-8,11H,9-10H2,1-4H3;1-2H3. The van der Waals surface area contributed by atoms with Crippen molar-refractivity contribution in [3.05, 3.63) is 35.4 Å². The normalized spacial score (nSPS) is 15.9. The lowest BCUT2D eigenvalue weighted by molar-refractivity contribution is -0.116. The van der Waals surface area contributed by atoms with Crippen LogP contribution in [0.5, 0.6) is 0 Å². The molecule has 0 amide bonds. The Bertz CT molecular complexity index is 703. The van der Waals surface area contributed by atoms with E-state index in [1.54, 1.807) is 6.92 Å². The van der Waals surface area contributed by atoms with Crippen molar-refractivity contribution in [1.82, 2.24) is 0 Å². The third-order valence-electron chi connectivity index (χ3n) is 3.86. The molecule has 0 aliphatic carbocycles. The number of benzene rings is 1. The molecule has 128 valence electrons. The van der Waals surface area contributed by atoms with Crippen molar-refractivity contribution in [3.63, 3.8) is 0 Å². The molecule has 0 atom stereocenters. The molecule has 23 heavy (non-hydrogen) atoms. The molecule has 0 fully saturated rings. The summed E-state index contributed by atoms with van der Waals surface area (Å²) < 4.78 is 26.0. The second-order valence-electron chi connectivity index (χ2n) is 6.02. The molecular weight excluding hydrogens is 310 g/mol. The number of Topliss-reactive ketones (excluding diaryl/α,β-unsaturated/α-hetero) is 1. The lowest BCUT2D eigenvalue weighted by atomic mass is 9.84. The number of carbonyl (C=O) groups excluding carboxylic acids is 1. The van der Waals surface area contributed by atoms with E-state index in [9.17, 15) is 13.2 Å². The molecule has 1 aromatic carbocycles. The number of rotatable bonds is 4. The Morgan fingerprint density at radius 1 is 1.17 bits per heavy atom. The summed E-state index contributed by atoms with van der Waals surface area (Å²) in [6, 6.07) is 7.44. The lowest BCUT2D eigenvalue weighted by Gasteiger charge is -2.44. The van der Waals surface area contributed by atoms with E-state index in [1.807, 2.05) is 58.0 Å². The van der Waals surface area contributed by atoms with E-state index in [2.05, 4.69) is 0 Å². The molecule has 0 saturated heterocycles. The van der Waals surface area contributed by atoms with Gasteiger partial charge in [-0.05, 0) is 44.4 Å². The molecule has 1 aromatic rings. The Morgan fingerprint density at radius 2 is 1.74 bits per heavy atom. The van der Waals surface area contributed by atoms with E-state index in [4.69, 9.17) is 0 Å². The van der Waals surface area contributed by atoms with Gasteiger partial charge in [0.15, 0.2) is 0 Å². The van der Waals surface area contributed by atoms with E-state index in [1.165, 1.54) is 10.6 Å². The molecule has 5 heteroatoms. The zero-order valence-corrected chi connectivity index (χ0v) is 15.7. The monoisotopic (exact) mass is 337 g/mol. The number of para-hydroxylation sites is 1. The molecule has 0 radical (unpaired) electrons. The maximum Gasteiger partial charge on any atom is 0.233 e. The maximum atomic E-state index is 12.3. The summed E-state index contributed by atoms with van der Waals surface area (Å²) >= 11 is 0. The first-order valence-corrected chi connectivity index (χ1v) is 9.79. The van der Waals surface area contributed by atoms with Crippen LogP contribution in [-0.2, 0) is 14.8 Å². The van der Waals surface area contributed by atoms with Gasteiger partial charge >= 0.3 is 0 Å². The number of hydrogen-bond donors (Lipinski definition) is 0. The zero-order valence-electron chi connectivity index (χ0n) is 14.9. The number of nitrogens with zero attached hydrogens (tertiary/aromatic N) is 1. The average molecular weight is 337 g/mol. The minimum atomic E-state index is -3.41. The first-order valence-electron chi connectivity index (χ1n) is 7.94. The summed E-state index contributed by atoms with van der Waals surface area (Å²) in [4.78, 5) is 11.3. The molecule has 2 rings (SSSR count). The Kier molecular flexibility index (Phi) is 6.17. The fraction of sp³-hybridized carbons (Fsp3) is 0.500. The van der Waals surface area contributed by atoms with Crippen LogP contribution in [0.3, 0.4) is 0 Å². The van der Waals surface area contributed by atoms with Crippen molar-refractivity contribution < 1.29 is 13.2 Å². The highest BCUT2D eigenvalue weighted by atomic mass is 32.2. The van der Waals surface area contributed by atoms with Gasteiger partial charge in [0.05, 0.1) is 17.5 Å². The highest BCUT2D eigenvalue weighted by molar-refractivity contribution is 7.92. The van der Waals surface area contributed by atoms with Crippen LogP contribution in [0.4, 0.5) is 5.69 Å². The molecule has 0 N–H and O–H groups in total. The van der Waals surface area contributed by atoms with E-state index >= 15 is 0 Å². The first kappa shape index (κ1) is 19.4. The van der Waals surface area contributed by atoms with Crippen molar-refractivity contribution in [2.24, 2.45) is 0 Å². The van der Waals surface area contributed by atoms with Crippen LogP contribution in [0.25, 0.3) is 6.08 Å². The largest absolute Gasteiger partial charge is 0.300 e. The molecule has 0 saturated carbocycles. The van der Waals surface area contributed by atoms with Crippen LogP contribution in [0, 0.1) is 0 Å². The Balaban J connectivity index is 0.00000127. The number of carbonyl (C=O) groups is 1. The molecule has 0 spiro atoms. The second kappa shape index (κ2) is 7.30. The number of ketones is 1. The predicted octanol–water partition coefficient (Wildman–Crippen LogP) is 4.02. The third-order valence-corrected chi connectivity index (χ3v) is 5.17. The Labute approximate surface area is 140 Å². The van der Waals surface area contributed by atoms with Gasteiger partial charge in [-0.3, -0.25) is 4.31 Å². The van der Waals surface area contributed by atoms with Crippen molar-refractivity contribution >= 4 is 27.6 Å². The van der Waals surface area contributed by atoms with Gasteiger partial charge in [0.25, 0.3) is 0 Å². The molecule has 0 unspecified atom stereocenters. The highest BCUT2D eigenvalue weighted by Gasteiger charge is 2.40. The van der Waals surface area contributed by atoms with Gasteiger partial charge in [0.2, 0.25) is 10.0 Å². The van der Waals surface area contributed by atoms with E-state index in [0.717, 1.165) is 11.1 Å². The van der Waals surface area contributed by atoms with Gasteiger partial charge in [-0.15, -0.1) is 0 Å². The topological polar surface area (TPSA) is 54.5 Å². The molecule has 1 heterocycles. The fourth-order valence-electron chi connectivity index (χ4n) is 2.87. The predicted molar refractivity (Wildman–Crippen MR) is 97.1 cm³/mol. The van der Waals surface area contributed by atoms with Crippen molar-refractivity contribution in [2.75, 3.05) is 10.6 Å². The van der Waals surface area contributed by atoms with Gasteiger partial charge in [-0.1, -0.05) is 38.1 Å². The summed E-state index contributed by atoms with van der Waals surface area (Å²) in [5, 5.41) is 0. The Hall–Kier alpha value is -1.62. The van der Waals surface area contributed by atoms with Gasteiger partial charge in [-0.2, -0.15) is 0 Å². The summed E-state index contributed by atoms with van der Waals surface area (Å²) in [5.41, 5.74) is 1.86. The smallest absolute Gasteiger partial charge is 0.233 e. The quantitative estimate of drug-likeness (QED) is 0.833. The molecule has 4 nitrogen and oxygen atoms in total. The third kappa shape index (κ3) is 4.22. The average Bonchev–Trinajstić information content (AvgIpc) is 2.44. The fourth-order valence-corrected chi connectivity index (χ4v) is 4.34. The van der Waals surface area contributed by atoms with Crippen molar-refractivity contribution in [2.45, 2.75) is 53.0 Å². The zero-order chi connectivity index (χ0) is 17.8.